The molecule has 0 atom stereocenters. The number of hydrogen-bond donors (Lipinski definition) is 1. The second-order valence-electron chi connectivity index (χ2n) is 5.04. The van der Waals surface area contributed by atoms with Crippen LogP contribution in [0.2, 0.25) is 0 Å². The van der Waals surface area contributed by atoms with Gasteiger partial charge in [-0.05, 0) is 59.2 Å². The predicted octanol–water partition coefficient (Wildman–Crippen LogP) is 3.31. The van der Waals surface area contributed by atoms with Crippen molar-refractivity contribution in [1.82, 2.24) is 0 Å². The van der Waals surface area contributed by atoms with Crippen molar-refractivity contribution < 1.29 is 9.59 Å². The smallest absolute Gasteiger partial charge is 0.248 e. The highest BCUT2D eigenvalue weighted by atomic mass is 32.1. The molecule has 3 rings (SSSR count). The molecular formula is C17H16N2O2S. The van der Waals surface area contributed by atoms with E-state index in [1.54, 1.807) is 22.3 Å². The molecule has 1 N–H and O–H groups in total. The summed E-state index contributed by atoms with van der Waals surface area (Å²) in [6, 6.07) is 7.55. The van der Waals surface area contributed by atoms with Crippen LogP contribution >= 0.6 is 11.3 Å². The SMILES string of the molecule is CCN1C(=O)Cc2cc(NC(=O)/C=C/c3ccsc3)ccc21. The van der Waals surface area contributed by atoms with Crippen LogP contribution in [0.3, 0.4) is 0 Å². The molecule has 1 aliphatic rings. The first-order valence-electron chi connectivity index (χ1n) is 7.12. The highest BCUT2D eigenvalue weighted by molar-refractivity contribution is 7.08. The maximum absolute atomic E-state index is 11.9. The van der Waals surface area contributed by atoms with E-state index in [9.17, 15) is 9.59 Å². The van der Waals surface area contributed by atoms with Gasteiger partial charge < -0.3 is 10.2 Å². The number of nitrogens with one attached hydrogen (secondary N) is 1. The Labute approximate surface area is 133 Å². The molecule has 1 aromatic carbocycles. The van der Waals surface area contributed by atoms with Crippen molar-refractivity contribution in [2.45, 2.75) is 13.3 Å². The molecule has 2 amide bonds. The van der Waals surface area contributed by atoms with Crippen LogP contribution < -0.4 is 10.2 Å². The van der Waals surface area contributed by atoms with Gasteiger partial charge in [0.25, 0.3) is 0 Å². The lowest BCUT2D eigenvalue weighted by atomic mass is 10.1. The highest BCUT2D eigenvalue weighted by Gasteiger charge is 2.25. The summed E-state index contributed by atoms with van der Waals surface area (Å²) < 4.78 is 0. The number of benzene rings is 1. The van der Waals surface area contributed by atoms with E-state index < -0.39 is 0 Å². The first kappa shape index (κ1) is 14.5. The highest BCUT2D eigenvalue weighted by Crippen LogP contribution is 2.30. The molecule has 0 fully saturated rings. The van der Waals surface area contributed by atoms with Crippen molar-refractivity contribution in [2.24, 2.45) is 0 Å². The van der Waals surface area contributed by atoms with Crippen LogP contribution in [0.4, 0.5) is 11.4 Å². The summed E-state index contributed by atoms with van der Waals surface area (Å²) in [6.45, 7) is 2.62. The summed E-state index contributed by atoms with van der Waals surface area (Å²) >= 11 is 1.59. The summed E-state index contributed by atoms with van der Waals surface area (Å²) in [7, 11) is 0. The van der Waals surface area contributed by atoms with Crippen LogP contribution in [-0.2, 0) is 16.0 Å². The molecule has 0 saturated heterocycles. The number of fused-ring (bicyclic) bond motifs is 1. The molecule has 1 aromatic heterocycles. The van der Waals surface area contributed by atoms with Crippen LogP contribution in [0.15, 0.2) is 41.1 Å². The van der Waals surface area contributed by atoms with E-state index in [0.717, 1.165) is 16.8 Å². The van der Waals surface area contributed by atoms with Gasteiger partial charge in [0, 0.05) is 24.0 Å². The Balaban J connectivity index is 1.71. The van der Waals surface area contributed by atoms with Crippen molar-refractivity contribution >= 4 is 40.6 Å². The number of carbonyl (C=O) groups excluding carboxylic acids is 2. The largest absolute Gasteiger partial charge is 0.323 e. The number of hydrogen-bond acceptors (Lipinski definition) is 3. The maximum atomic E-state index is 11.9. The molecule has 2 heterocycles. The minimum atomic E-state index is -0.178. The molecule has 2 aromatic rings. The lowest BCUT2D eigenvalue weighted by molar-refractivity contribution is -0.117. The summed E-state index contributed by atoms with van der Waals surface area (Å²) in [6.07, 6.45) is 3.69. The van der Waals surface area contributed by atoms with Crippen LogP contribution in [0.1, 0.15) is 18.1 Å². The van der Waals surface area contributed by atoms with Crippen molar-refractivity contribution in [3.8, 4) is 0 Å². The predicted molar refractivity (Wildman–Crippen MR) is 90.2 cm³/mol. The summed E-state index contributed by atoms with van der Waals surface area (Å²) in [5, 5.41) is 6.77. The average Bonchev–Trinajstić information content (AvgIpc) is 3.11. The fraction of sp³-hybridized carbons (Fsp3) is 0.176. The second-order valence-corrected chi connectivity index (χ2v) is 5.82. The molecule has 0 aliphatic carbocycles. The minimum Gasteiger partial charge on any atom is -0.323 e. The van der Waals surface area contributed by atoms with Crippen LogP contribution in [0, 0.1) is 0 Å². The van der Waals surface area contributed by atoms with Gasteiger partial charge in [-0.25, -0.2) is 0 Å². The van der Waals surface area contributed by atoms with Crippen molar-refractivity contribution in [2.75, 3.05) is 16.8 Å². The number of nitrogens with zero attached hydrogens (tertiary/aromatic N) is 1. The lowest BCUT2D eigenvalue weighted by Gasteiger charge is -2.14. The number of carbonyl (C=O) groups is 2. The summed E-state index contributed by atoms with van der Waals surface area (Å²) in [4.78, 5) is 25.5. The number of thiophene rings is 1. The number of amides is 2. The van der Waals surface area contributed by atoms with E-state index in [1.165, 1.54) is 6.08 Å². The molecular weight excluding hydrogens is 296 g/mol. The van der Waals surface area contributed by atoms with E-state index in [1.807, 2.05) is 41.9 Å². The third-order valence-corrected chi connectivity index (χ3v) is 4.27. The normalized spacial score (nSPS) is 13.7. The Morgan fingerprint density at radius 1 is 1.41 bits per heavy atom. The molecule has 0 saturated carbocycles. The Kier molecular flexibility index (Phi) is 4.06. The van der Waals surface area contributed by atoms with Crippen LogP contribution in [0.5, 0.6) is 0 Å². The zero-order chi connectivity index (χ0) is 15.5. The van der Waals surface area contributed by atoms with Gasteiger partial charge >= 0.3 is 0 Å². The minimum absolute atomic E-state index is 0.110. The monoisotopic (exact) mass is 312 g/mol. The fourth-order valence-corrected chi connectivity index (χ4v) is 3.16. The van der Waals surface area contributed by atoms with Crippen LogP contribution in [-0.4, -0.2) is 18.4 Å². The van der Waals surface area contributed by atoms with Gasteiger partial charge in [-0.15, -0.1) is 0 Å². The van der Waals surface area contributed by atoms with Crippen molar-refractivity contribution in [1.29, 1.82) is 0 Å². The molecule has 4 nitrogen and oxygen atoms in total. The van der Waals surface area contributed by atoms with Gasteiger partial charge in [-0.2, -0.15) is 11.3 Å². The van der Waals surface area contributed by atoms with E-state index in [4.69, 9.17) is 0 Å². The summed E-state index contributed by atoms with van der Waals surface area (Å²) in [5.74, 6) is -0.0684. The number of likely N-dealkylation sites (N-methyl/N-ethyl adjacent to an activating group) is 1. The fourth-order valence-electron chi connectivity index (χ4n) is 2.53. The molecule has 5 heteroatoms. The molecule has 0 radical (unpaired) electrons. The zero-order valence-electron chi connectivity index (χ0n) is 12.2. The first-order chi connectivity index (χ1) is 10.7. The topological polar surface area (TPSA) is 49.4 Å². The number of anilines is 2. The second kappa shape index (κ2) is 6.15. The quantitative estimate of drug-likeness (QED) is 0.881. The average molecular weight is 312 g/mol. The Morgan fingerprint density at radius 2 is 2.27 bits per heavy atom. The molecule has 0 spiro atoms. The van der Waals surface area contributed by atoms with Gasteiger partial charge in [0.2, 0.25) is 11.8 Å². The molecule has 22 heavy (non-hydrogen) atoms. The van der Waals surface area contributed by atoms with E-state index in [0.29, 0.717) is 18.7 Å². The molecule has 112 valence electrons. The van der Waals surface area contributed by atoms with Gasteiger partial charge in [0.15, 0.2) is 0 Å². The zero-order valence-corrected chi connectivity index (χ0v) is 13.0. The third kappa shape index (κ3) is 2.94. The van der Waals surface area contributed by atoms with Gasteiger partial charge in [-0.3, -0.25) is 9.59 Å². The summed E-state index contributed by atoms with van der Waals surface area (Å²) in [5.41, 5.74) is 3.63. The van der Waals surface area contributed by atoms with Crippen molar-refractivity contribution in [3.05, 3.63) is 52.2 Å². The van der Waals surface area contributed by atoms with E-state index in [-0.39, 0.29) is 11.8 Å². The molecule has 0 unspecified atom stereocenters. The van der Waals surface area contributed by atoms with E-state index in [2.05, 4.69) is 5.32 Å². The van der Waals surface area contributed by atoms with Gasteiger partial charge in [0.1, 0.15) is 0 Å². The molecule has 1 aliphatic heterocycles. The van der Waals surface area contributed by atoms with Crippen LogP contribution in [0.25, 0.3) is 6.08 Å². The van der Waals surface area contributed by atoms with Crippen molar-refractivity contribution in [3.63, 3.8) is 0 Å². The maximum Gasteiger partial charge on any atom is 0.248 e. The Hall–Kier alpha value is -2.40. The third-order valence-electron chi connectivity index (χ3n) is 3.57. The van der Waals surface area contributed by atoms with Gasteiger partial charge in [-0.1, -0.05) is 0 Å². The Bertz CT molecular complexity index is 735. The number of rotatable bonds is 4. The Morgan fingerprint density at radius 3 is 3.00 bits per heavy atom. The standard InChI is InChI=1S/C17H16N2O2S/c1-2-19-15-5-4-14(9-13(15)10-17(19)21)18-16(20)6-3-12-7-8-22-11-12/h3-9,11H,2,10H2,1H3,(H,18,20)/b6-3+. The van der Waals surface area contributed by atoms with Gasteiger partial charge in [0.05, 0.1) is 6.42 Å². The molecule has 0 bridgehead atoms. The first-order valence-corrected chi connectivity index (χ1v) is 8.06. The van der Waals surface area contributed by atoms with E-state index >= 15 is 0 Å². The lowest BCUT2D eigenvalue weighted by Crippen LogP contribution is -2.25.